The van der Waals surface area contributed by atoms with E-state index in [4.69, 9.17) is 0 Å². The Morgan fingerprint density at radius 2 is 0.727 bits per heavy atom. The zero-order valence-electron chi connectivity index (χ0n) is 29.0. The van der Waals surface area contributed by atoms with Crippen LogP contribution in [0.4, 0.5) is 0 Å². The van der Waals surface area contributed by atoms with Crippen LogP contribution >= 0.6 is 23.5 Å². The molecule has 0 unspecified atom stereocenters. The highest BCUT2D eigenvalue weighted by atomic mass is 32.2. The van der Waals surface area contributed by atoms with Crippen molar-refractivity contribution in [2.75, 3.05) is 0 Å². The second kappa shape index (κ2) is 24.3. The van der Waals surface area contributed by atoms with E-state index in [0.29, 0.717) is 0 Å². The Bertz CT molecular complexity index is 854. The van der Waals surface area contributed by atoms with Crippen LogP contribution in [0.5, 0.6) is 0 Å². The molecule has 0 N–H and O–H groups in total. The van der Waals surface area contributed by atoms with Crippen LogP contribution in [-0.2, 0) is 12.8 Å². The van der Waals surface area contributed by atoms with Crippen molar-refractivity contribution in [3.63, 3.8) is 0 Å². The van der Waals surface area contributed by atoms with E-state index in [9.17, 15) is 0 Å². The predicted molar refractivity (Wildman–Crippen MR) is 202 cm³/mol. The maximum absolute atomic E-state index is 2.42. The van der Waals surface area contributed by atoms with Crippen LogP contribution in [0.1, 0.15) is 185 Å². The summed E-state index contributed by atoms with van der Waals surface area (Å²) in [5, 5.41) is 0. The van der Waals surface area contributed by atoms with Gasteiger partial charge in [-0.3, -0.25) is 0 Å². The maximum atomic E-state index is 2.42. The van der Waals surface area contributed by atoms with Crippen LogP contribution in [0, 0.1) is 0 Å². The molecule has 1 aliphatic carbocycles. The summed E-state index contributed by atoms with van der Waals surface area (Å²) in [6.07, 6.45) is 37.6. The first-order chi connectivity index (χ1) is 21.7. The first kappa shape index (κ1) is 37.6. The average Bonchev–Trinajstić information content (AvgIpc) is 3.05. The highest BCUT2D eigenvalue weighted by Gasteiger charge is 2.34. The lowest BCUT2D eigenvalue weighted by atomic mass is 10.00. The normalized spacial score (nSPS) is 14.7. The maximum Gasteiger partial charge on any atom is 0.0705 e. The molecule has 1 aliphatic rings. The quantitative estimate of drug-likeness (QED) is 0.0744. The van der Waals surface area contributed by atoms with Crippen molar-refractivity contribution in [3.05, 3.63) is 59.7 Å². The van der Waals surface area contributed by atoms with Gasteiger partial charge in [0.1, 0.15) is 0 Å². The second-order valence-electron chi connectivity index (χ2n) is 13.8. The molecule has 1 fully saturated rings. The molecule has 44 heavy (non-hydrogen) atoms. The van der Waals surface area contributed by atoms with Gasteiger partial charge in [-0.15, -0.1) is 23.5 Å². The fourth-order valence-electron chi connectivity index (χ4n) is 6.83. The molecule has 0 amide bonds. The fourth-order valence-corrected chi connectivity index (χ4v) is 9.96. The molecule has 0 nitrogen and oxygen atoms in total. The van der Waals surface area contributed by atoms with E-state index in [-0.39, 0.29) is 4.08 Å². The molecule has 2 aromatic rings. The Kier molecular flexibility index (Phi) is 20.8. The molecule has 0 bridgehead atoms. The summed E-state index contributed by atoms with van der Waals surface area (Å²) in [4.78, 5) is 2.92. The van der Waals surface area contributed by atoms with Crippen molar-refractivity contribution in [1.82, 2.24) is 0 Å². The summed E-state index contributed by atoms with van der Waals surface area (Å²) >= 11 is 4.31. The molecule has 1 saturated carbocycles. The van der Waals surface area contributed by atoms with Gasteiger partial charge in [0.2, 0.25) is 0 Å². The molecule has 3 rings (SSSR count). The molecule has 0 radical (unpaired) electrons. The average molecular weight is 637 g/mol. The van der Waals surface area contributed by atoms with Crippen LogP contribution < -0.4 is 0 Å². The number of thioether (sulfide) groups is 2. The van der Waals surface area contributed by atoms with Gasteiger partial charge in [-0.2, -0.15) is 0 Å². The zero-order valence-corrected chi connectivity index (χ0v) is 30.7. The van der Waals surface area contributed by atoms with Gasteiger partial charge in [0, 0.05) is 9.79 Å². The van der Waals surface area contributed by atoms with Crippen molar-refractivity contribution in [3.8, 4) is 0 Å². The lowest BCUT2D eigenvalue weighted by molar-refractivity contribution is 0.490. The van der Waals surface area contributed by atoms with Gasteiger partial charge in [-0.25, -0.2) is 0 Å². The van der Waals surface area contributed by atoms with E-state index in [0.717, 1.165) is 0 Å². The highest BCUT2D eigenvalue weighted by Crippen LogP contribution is 2.53. The van der Waals surface area contributed by atoms with Crippen molar-refractivity contribution in [1.29, 1.82) is 0 Å². The van der Waals surface area contributed by atoms with E-state index in [1.165, 1.54) is 194 Å². The van der Waals surface area contributed by atoms with Crippen LogP contribution in [0.2, 0.25) is 0 Å². The third-order valence-corrected chi connectivity index (χ3v) is 12.8. The third kappa shape index (κ3) is 16.6. The van der Waals surface area contributed by atoms with E-state index >= 15 is 0 Å². The molecule has 0 aromatic heterocycles. The lowest BCUT2D eigenvalue weighted by Gasteiger charge is -2.36. The summed E-state index contributed by atoms with van der Waals surface area (Å²) in [5.41, 5.74) is 3.05. The Morgan fingerprint density at radius 1 is 0.409 bits per heavy atom. The summed E-state index contributed by atoms with van der Waals surface area (Å²) in [7, 11) is 0. The molecule has 0 spiro atoms. The van der Waals surface area contributed by atoms with Crippen LogP contribution in [0.15, 0.2) is 58.3 Å². The summed E-state index contributed by atoms with van der Waals surface area (Å²) in [6.45, 7) is 4.61. The second-order valence-corrected chi connectivity index (χ2v) is 17.0. The smallest absolute Gasteiger partial charge is 0.0705 e. The summed E-state index contributed by atoms with van der Waals surface area (Å²) < 4.78 is 0.286. The number of benzene rings is 2. The van der Waals surface area contributed by atoms with E-state index < -0.39 is 0 Å². The summed E-state index contributed by atoms with van der Waals surface area (Å²) in [5.74, 6) is 0. The minimum absolute atomic E-state index is 0.286. The minimum atomic E-state index is 0.286. The van der Waals surface area contributed by atoms with E-state index in [1.54, 1.807) is 0 Å². The molecular weight excluding hydrogens is 569 g/mol. The van der Waals surface area contributed by atoms with Gasteiger partial charge >= 0.3 is 0 Å². The first-order valence-corrected chi connectivity index (χ1v) is 20.9. The van der Waals surface area contributed by atoms with Crippen molar-refractivity contribution >= 4 is 23.5 Å². The Morgan fingerprint density at radius 3 is 1.07 bits per heavy atom. The Balaban J connectivity index is 1.34. The largest absolute Gasteiger partial charge is 0.108 e. The Hall–Kier alpha value is -0.860. The molecule has 0 atom stereocenters. The molecule has 248 valence electrons. The van der Waals surface area contributed by atoms with Crippen LogP contribution in [0.25, 0.3) is 0 Å². The molecule has 0 aliphatic heterocycles. The number of hydrogen-bond acceptors (Lipinski definition) is 2. The predicted octanol–water partition coefficient (Wildman–Crippen LogP) is 15.2. The molecular formula is C42H68S2. The molecule has 2 aromatic carbocycles. The number of aryl methyl sites for hydroxylation is 2. The first-order valence-electron chi connectivity index (χ1n) is 19.3. The van der Waals surface area contributed by atoms with Gasteiger partial charge in [0.05, 0.1) is 4.08 Å². The SMILES string of the molecule is CCCCCCCCCCCCc1ccc(SC2(Sc3ccc(CCCCCCCCCCCC)cc3)CCCCC2)cc1. The van der Waals surface area contributed by atoms with E-state index in [1.807, 2.05) is 0 Å². The monoisotopic (exact) mass is 636 g/mol. The van der Waals surface area contributed by atoms with Gasteiger partial charge in [-0.1, -0.05) is 173 Å². The van der Waals surface area contributed by atoms with Crippen LogP contribution in [-0.4, -0.2) is 4.08 Å². The van der Waals surface area contributed by atoms with Crippen molar-refractivity contribution in [2.45, 2.75) is 201 Å². The number of unbranched alkanes of at least 4 members (excludes halogenated alkanes) is 18. The van der Waals surface area contributed by atoms with Gasteiger partial charge in [0.25, 0.3) is 0 Å². The lowest BCUT2D eigenvalue weighted by Crippen LogP contribution is -2.23. The standard InChI is InChI=1S/C42H68S2/c1-3-5-7-9-11-13-15-17-19-22-26-38-28-32-40(33-29-38)43-42(36-24-21-25-37-42)44-41-34-30-39(31-35-41)27-23-20-18-16-14-12-10-8-6-4-2/h28-35H,3-27,36-37H2,1-2H3. The Labute approximate surface area is 283 Å². The molecule has 2 heteroatoms. The summed E-state index contributed by atoms with van der Waals surface area (Å²) in [6, 6.07) is 19.3. The highest BCUT2D eigenvalue weighted by molar-refractivity contribution is 8.18. The van der Waals surface area contributed by atoms with Gasteiger partial charge in [-0.05, 0) is 73.9 Å². The third-order valence-electron chi connectivity index (χ3n) is 9.71. The van der Waals surface area contributed by atoms with Crippen molar-refractivity contribution < 1.29 is 0 Å². The van der Waals surface area contributed by atoms with Crippen molar-refractivity contribution in [2.24, 2.45) is 0 Å². The topological polar surface area (TPSA) is 0 Å². The number of hydrogen-bond donors (Lipinski definition) is 0. The fraction of sp³-hybridized carbons (Fsp3) is 0.714. The van der Waals surface area contributed by atoms with Crippen LogP contribution in [0.3, 0.4) is 0 Å². The van der Waals surface area contributed by atoms with Gasteiger partial charge < -0.3 is 0 Å². The zero-order chi connectivity index (χ0) is 31.0. The number of rotatable bonds is 26. The van der Waals surface area contributed by atoms with E-state index in [2.05, 4.69) is 85.9 Å². The van der Waals surface area contributed by atoms with Gasteiger partial charge in [0.15, 0.2) is 0 Å². The minimum Gasteiger partial charge on any atom is -0.108 e. The molecule has 0 saturated heterocycles. The molecule has 0 heterocycles.